The van der Waals surface area contributed by atoms with Crippen molar-refractivity contribution in [3.8, 4) is 39.1 Å². The van der Waals surface area contributed by atoms with Crippen molar-refractivity contribution in [2.75, 3.05) is 0 Å². The Morgan fingerprint density at radius 2 is 0.875 bits per heavy atom. The summed E-state index contributed by atoms with van der Waals surface area (Å²) in [4.78, 5) is 0. The molecule has 0 atom stereocenters. The smallest absolute Gasteiger partial charge is 0.0541 e. The van der Waals surface area contributed by atoms with Crippen LogP contribution in [-0.4, -0.2) is 4.57 Å². The molecular formula is C54H39NS. The summed E-state index contributed by atoms with van der Waals surface area (Å²) in [7, 11) is 0. The minimum atomic E-state index is 1.16. The topological polar surface area (TPSA) is 4.93 Å². The molecule has 0 amide bonds. The highest BCUT2D eigenvalue weighted by molar-refractivity contribution is 7.26. The lowest BCUT2D eigenvalue weighted by atomic mass is 9.83. The van der Waals surface area contributed by atoms with Gasteiger partial charge in [0.25, 0.3) is 0 Å². The summed E-state index contributed by atoms with van der Waals surface area (Å²) in [5.41, 5.74) is 16.5. The first-order chi connectivity index (χ1) is 27.4. The van der Waals surface area contributed by atoms with Gasteiger partial charge in [0.05, 0.1) is 11.0 Å². The van der Waals surface area contributed by atoms with Gasteiger partial charge in [0, 0.05) is 36.6 Å². The van der Waals surface area contributed by atoms with Crippen LogP contribution in [0.3, 0.4) is 0 Å². The fourth-order valence-corrected chi connectivity index (χ4v) is 10.4. The molecule has 2 aromatic heterocycles. The third kappa shape index (κ3) is 4.92. The zero-order valence-electron chi connectivity index (χ0n) is 31.9. The molecule has 11 rings (SSSR count). The second-order valence-electron chi connectivity index (χ2n) is 15.5. The molecule has 0 spiro atoms. The molecular weight excluding hydrogens is 695 g/mol. The number of aryl methyl sites for hydroxylation is 4. The second kappa shape index (κ2) is 12.5. The van der Waals surface area contributed by atoms with Crippen LogP contribution in [0, 0.1) is 27.7 Å². The number of fused-ring (bicyclic) bond motifs is 8. The van der Waals surface area contributed by atoms with Crippen molar-refractivity contribution in [1.82, 2.24) is 4.57 Å². The molecule has 2 heteroatoms. The van der Waals surface area contributed by atoms with Crippen LogP contribution in [0.4, 0.5) is 0 Å². The van der Waals surface area contributed by atoms with Gasteiger partial charge in [-0.1, -0.05) is 127 Å². The van der Waals surface area contributed by atoms with E-state index in [1.165, 1.54) is 119 Å². The SMILES string of the molecule is Cc1cc2c(-c3ccccc3)c3cc(C)c(C)cc3c(-c3ccc(-n4c5ccccc5c5cc(-c6cccc7c6sc6ccccc67)ccc54)cc3)c2cc1C. The van der Waals surface area contributed by atoms with Crippen LogP contribution in [0.1, 0.15) is 22.3 Å². The molecule has 0 saturated heterocycles. The van der Waals surface area contributed by atoms with Gasteiger partial charge < -0.3 is 4.57 Å². The van der Waals surface area contributed by atoms with E-state index in [1.54, 1.807) is 0 Å². The van der Waals surface area contributed by atoms with Crippen molar-refractivity contribution >= 4 is 74.9 Å². The van der Waals surface area contributed by atoms with Crippen molar-refractivity contribution in [2.24, 2.45) is 0 Å². The van der Waals surface area contributed by atoms with Gasteiger partial charge in [0.1, 0.15) is 0 Å². The Bertz CT molecular complexity index is 3310. The van der Waals surface area contributed by atoms with E-state index in [1.807, 2.05) is 11.3 Å². The Balaban J connectivity index is 1.11. The van der Waals surface area contributed by atoms with Crippen molar-refractivity contribution in [2.45, 2.75) is 27.7 Å². The molecule has 0 aliphatic carbocycles. The summed E-state index contributed by atoms with van der Waals surface area (Å²) in [6.07, 6.45) is 0. The maximum atomic E-state index is 2.44. The van der Waals surface area contributed by atoms with E-state index in [4.69, 9.17) is 0 Å². The number of nitrogens with zero attached hydrogens (tertiary/aromatic N) is 1. The largest absolute Gasteiger partial charge is 0.309 e. The molecule has 0 aliphatic heterocycles. The molecule has 0 unspecified atom stereocenters. The first-order valence-corrected chi connectivity index (χ1v) is 20.3. The third-order valence-electron chi connectivity index (χ3n) is 12.2. The molecule has 9 aromatic carbocycles. The molecule has 11 aromatic rings. The minimum absolute atomic E-state index is 1.16. The van der Waals surface area contributed by atoms with Crippen LogP contribution in [0.15, 0.2) is 164 Å². The van der Waals surface area contributed by atoms with Crippen LogP contribution < -0.4 is 0 Å². The van der Waals surface area contributed by atoms with Gasteiger partial charge >= 0.3 is 0 Å². The molecule has 56 heavy (non-hydrogen) atoms. The summed E-state index contributed by atoms with van der Waals surface area (Å²) in [5, 5.41) is 10.4. The van der Waals surface area contributed by atoms with Gasteiger partial charge in [0.2, 0.25) is 0 Å². The van der Waals surface area contributed by atoms with E-state index in [9.17, 15) is 0 Å². The molecule has 0 N–H and O–H groups in total. The maximum absolute atomic E-state index is 2.44. The lowest BCUT2D eigenvalue weighted by Gasteiger charge is -2.20. The predicted octanol–water partition coefficient (Wildman–Crippen LogP) is 15.7. The number of rotatable bonds is 4. The highest BCUT2D eigenvalue weighted by Crippen LogP contribution is 2.46. The van der Waals surface area contributed by atoms with Gasteiger partial charge in [-0.2, -0.15) is 0 Å². The fourth-order valence-electron chi connectivity index (χ4n) is 9.15. The zero-order valence-corrected chi connectivity index (χ0v) is 32.8. The lowest BCUT2D eigenvalue weighted by molar-refractivity contribution is 1.18. The zero-order chi connectivity index (χ0) is 37.7. The van der Waals surface area contributed by atoms with Crippen molar-refractivity contribution < 1.29 is 0 Å². The molecule has 0 aliphatic rings. The molecule has 0 fully saturated rings. The highest BCUT2D eigenvalue weighted by atomic mass is 32.1. The molecule has 266 valence electrons. The van der Waals surface area contributed by atoms with Gasteiger partial charge in [-0.3, -0.25) is 0 Å². The molecule has 0 bridgehead atoms. The van der Waals surface area contributed by atoms with Crippen LogP contribution in [0.25, 0.3) is 103 Å². The Morgan fingerprint density at radius 3 is 1.54 bits per heavy atom. The number of hydrogen-bond acceptors (Lipinski definition) is 1. The van der Waals surface area contributed by atoms with E-state index < -0.39 is 0 Å². The van der Waals surface area contributed by atoms with E-state index in [0.717, 1.165) is 5.69 Å². The van der Waals surface area contributed by atoms with E-state index >= 15 is 0 Å². The minimum Gasteiger partial charge on any atom is -0.309 e. The van der Waals surface area contributed by atoms with E-state index in [-0.39, 0.29) is 0 Å². The summed E-state index contributed by atoms with van der Waals surface area (Å²) in [6.45, 7) is 8.96. The fraction of sp³-hybridized carbons (Fsp3) is 0.0741. The molecule has 2 heterocycles. The summed E-state index contributed by atoms with van der Waals surface area (Å²) >= 11 is 1.89. The monoisotopic (exact) mass is 733 g/mol. The molecule has 0 saturated carbocycles. The highest BCUT2D eigenvalue weighted by Gasteiger charge is 2.20. The lowest BCUT2D eigenvalue weighted by Crippen LogP contribution is -1.96. The Morgan fingerprint density at radius 1 is 0.357 bits per heavy atom. The Hall–Kier alpha value is -6.48. The number of para-hydroxylation sites is 1. The second-order valence-corrected chi connectivity index (χ2v) is 16.5. The normalized spacial score (nSPS) is 11.9. The molecule has 1 nitrogen and oxygen atoms in total. The average molecular weight is 734 g/mol. The van der Waals surface area contributed by atoms with Crippen LogP contribution >= 0.6 is 11.3 Å². The first kappa shape index (κ1) is 32.9. The summed E-state index contributed by atoms with van der Waals surface area (Å²) in [6, 6.07) is 61.3. The van der Waals surface area contributed by atoms with Gasteiger partial charge in [-0.05, 0) is 141 Å². The summed E-state index contributed by atoms with van der Waals surface area (Å²) in [5.74, 6) is 0. The Kier molecular flexibility index (Phi) is 7.36. The van der Waals surface area contributed by atoms with Crippen LogP contribution in [0.2, 0.25) is 0 Å². The van der Waals surface area contributed by atoms with Gasteiger partial charge in [0.15, 0.2) is 0 Å². The van der Waals surface area contributed by atoms with Crippen LogP contribution in [0.5, 0.6) is 0 Å². The van der Waals surface area contributed by atoms with Crippen molar-refractivity contribution in [3.63, 3.8) is 0 Å². The Labute approximate surface area is 330 Å². The number of thiophene rings is 1. The molecule has 0 radical (unpaired) electrons. The summed E-state index contributed by atoms with van der Waals surface area (Å²) < 4.78 is 5.12. The van der Waals surface area contributed by atoms with Crippen LogP contribution in [-0.2, 0) is 0 Å². The number of benzene rings is 9. The third-order valence-corrected chi connectivity index (χ3v) is 13.4. The van der Waals surface area contributed by atoms with Gasteiger partial charge in [-0.15, -0.1) is 11.3 Å². The van der Waals surface area contributed by atoms with E-state index in [2.05, 4.69) is 196 Å². The predicted molar refractivity (Wildman–Crippen MR) is 244 cm³/mol. The van der Waals surface area contributed by atoms with Crippen molar-refractivity contribution in [3.05, 3.63) is 186 Å². The standard InChI is InChI=1S/C54H39NS/c1-32-27-45-47(29-34(32)3)53(48-30-35(4)33(2)28-46(48)52(45)36-13-6-5-7-14-36)37-21-24-39(25-22-37)55-49-19-10-8-15-41(49)44-31-38(23-26-50(44)55)40-17-12-18-43-42-16-9-11-20-51(42)56-54(40)43/h5-31H,1-4H3. The van der Waals surface area contributed by atoms with Gasteiger partial charge in [-0.25, -0.2) is 0 Å². The first-order valence-electron chi connectivity index (χ1n) is 19.5. The maximum Gasteiger partial charge on any atom is 0.0541 e. The van der Waals surface area contributed by atoms with Crippen molar-refractivity contribution in [1.29, 1.82) is 0 Å². The number of aromatic nitrogens is 1. The van der Waals surface area contributed by atoms with E-state index in [0.29, 0.717) is 0 Å². The quantitative estimate of drug-likeness (QED) is 0.159. The average Bonchev–Trinajstić information content (AvgIpc) is 3.77. The number of hydrogen-bond donors (Lipinski definition) is 0.